The van der Waals surface area contributed by atoms with Crippen LogP contribution >= 0.6 is 0 Å². The lowest BCUT2D eigenvalue weighted by molar-refractivity contribution is -0.0422. The van der Waals surface area contributed by atoms with E-state index in [9.17, 15) is 5.11 Å². The zero-order valence-electron chi connectivity index (χ0n) is 14.6. The van der Waals surface area contributed by atoms with Crippen LogP contribution in [-0.2, 0) is 0 Å². The number of aliphatic hydroxyl groups is 1. The van der Waals surface area contributed by atoms with Crippen LogP contribution in [0.5, 0.6) is 0 Å². The SMILES string of the molecule is CCC1(C)CCC2=C(CCC3C(C)(CO)CCCC23C)C1. The van der Waals surface area contributed by atoms with E-state index in [1.54, 1.807) is 0 Å². The number of rotatable bonds is 2. The minimum absolute atomic E-state index is 0.164. The van der Waals surface area contributed by atoms with Gasteiger partial charge in [-0.25, -0.2) is 0 Å². The summed E-state index contributed by atoms with van der Waals surface area (Å²) in [5.74, 6) is 0.702. The lowest BCUT2D eigenvalue weighted by atomic mass is 9.47. The molecular weight excluding hydrogens is 256 g/mol. The molecule has 0 radical (unpaired) electrons. The van der Waals surface area contributed by atoms with E-state index in [0.717, 1.165) is 0 Å². The highest BCUT2D eigenvalue weighted by Crippen LogP contribution is 2.63. The Morgan fingerprint density at radius 1 is 1.10 bits per heavy atom. The van der Waals surface area contributed by atoms with Crippen molar-refractivity contribution in [2.45, 2.75) is 85.5 Å². The Kier molecular flexibility index (Phi) is 3.80. The van der Waals surface area contributed by atoms with Crippen molar-refractivity contribution in [2.75, 3.05) is 6.61 Å². The van der Waals surface area contributed by atoms with E-state index >= 15 is 0 Å². The van der Waals surface area contributed by atoms with Gasteiger partial charge in [-0.05, 0) is 67.1 Å². The number of hydrogen-bond donors (Lipinski definition) is 1. The van der Waals surface area contributed by atoms with Crippen LogP contribution in [0.2, 0.25) is 0 Å². The van der Waals surface area contributed by atoms with Gasteiger partial charge < -0.3 is 5.11 Å². The maximum absolute atomic E-state index is 10.0. The molecule has 120 valence electrons. The van der Waals surface area contributed by atoms with Gasteiger partial charge in [-0.3, -0.25) is 0 Å². The van der Waals surface area contributed by atoms with Gasteiger partial charge >= 0.3 is 0 Å². The topological polar surface area (TPSA) is 20.2 Å². The van der Waals surface area contributed by atoms with Gasteiger partial charge in [-0.2, -0.15) is 0 Å². The second-order valence-corrected chi connectivity index (χ2v) is 9.10. The fraction of sp³-hybridized carbons (Fsp3) is 0.900. The molecule has 0 amide bonds. The molecular formula is C20H34O. The van der Waals surface area contributed by atoms with Crippen molar-refractivity contribution in [2.24, 2.45) is 22.2 Å². The van der Waals surface area contributed by atoms with Crippen molar-refractivity contribution < 1.29 is 5.11 Å². The summed E-state index contributed by atoms with van der Waals surface area (Å²) >= 11 is 0. The van der Waals surface area contributed by atoms with Gasteiger partial charge in [0.05, 0.1) is 0 Å². The fourth-order valence-corrected chi connectivity index (χ4v) is 6.06. The second kappa shape index (κ2) is 5.11. The first-order chi connectivity index (χ1) is 9.87. The Morgan fingerprint density at radius 2 is 1.86 bits per heavy atom. The van der Waals surface area contributed by atoms with E-state index < -0.39 is 0 Å². The smallest absolute Gasteiger partial charge is 0.0487 e. The van der Waals surface area contributed by atoms with Crippen molar-refractivity contribution in [1.82, 2.24) is 0 Å². The minimum Gasteiger partial charge on any atom is -0.396 e. The van der Waals surface area contributed by atoms with Crippen LogP contribution in [0.15, 0.2) is 11.1 Å². The van der Waals surface area contributed by atoms with Crippen molar-refractivity contribution in [1.29, 1.82) is 0 Å². The zero-order valence-corrected chi connectivity index (χ0v) is 14.6. The number of hydrogen-bond acceptors (Lipinski definition) is 1. The van der Waals surface area contributed by atoms with Crippen LogP contribution in [0.1, 0.15) is 85.5 Å². The zero-order chi connectivity index (χ0) is 15.3. The maximum Gasteiger partial charge on any atom is 0.0487 e. The van der Waals surface area contributed by atoms with E-state index in [2.05, 4.69) is 27.7 Å². The maximum atomic E-state index is 10.0. The van der Waals surface area contributed by atoms with Crippen molar-refractivity contribution in [3.63, 3.8) is 0 Å². The molecule has 0 saturated heterocycles. The normalized spacial score (nSPS) is 47.0. The molecule has 0 heterocycles. The standard InChI is InChI=1S/C20H34O/c1-5-18(2)12-9-16-15(13-18)7-8-17-19(3,14-21)10-6-11-20(16,17)4/h17,21H,5-14H2,1-4H3. The largest absolute Gasteiger partial charge is 0.396 e. The lowest BCUT2D eigenvalue weighted by Crippen LogP contribution is -2.49. The van der Waals surface area contributed by atoms with Crippen LogP contribution in [0, 0.1) is 22.2 Å². The number of allylic oxidation sites excluding steroid dienone is 2. The molecule has 1 heteroatoms. The van der Waals surface area contributed by atoms with Crippen molar-refractivity contribution in [3.05, 3.63) is 11.1 Å². The first-order valence-corrected chi connectivity index (χ1v) is 9.19. The molecule has 3 aliphatic rings. The quantitative estimate of drug-likeness (QED) is 0.667. The second-order valence-electron chi connectivity index (χ2n) is 9.10. The van der Waals surface area contributed by atoms with Crippen LogP contribution in [0.4, 0.5) is 0 Å². The van der Waals surface area contributed by atoms with Gasteiger partial charge in [0.15, 0.2) is 0 Å². The van der Waals surface area contributed by atoms with Gasteiger partial charge in [-0.1, -0.05) is 51.7 Å². The third-order valence-corrected chi connectivity index (χ3v) is 7.74. The van der Waals surface area contributed by atoms with Gasteiger partial charge in [0.2, 0.25) is 0 Å². The van der Waals surface area contributed by atoms with Crippen LogP contribution < -0.4 is 0 Å². The van der Waals surface area contributed by atoms with Gasteiger partial charge in [0.1, 0.15) is 0 Å². The highest BCUT2D eigenvalue weighted by molar-refractivity contribution is 5.31. The monoisotopic (exact) mass is 290 g/mol. The molecule has 0 aromatic carbocycles. The predicted octanol–water partition coefficient (Wildman–Crippen LogP) is 5.48. The molecule has 3 aliphatic carbocycles. The molecule has 0 aliphatic heterocycles. The first kappa shape index (κ1) is 15.6. The van der Waals surface area contributed by atoms with E-state index in [-0.39, 0.29) is 5.41 Å². The summed E-state index contributed by atoms with van der Waals surface area (Å²) in [6.07, 6.45) is 11.9. The first-order valence-electron chi connectivity index (χ1n) is 9.19. The Hall–Kier alpha value is -0.300. The average Bonchev–Trinajstić information content (AvgIpc) is 2.46. The summed E-state index contributed by atoms with van der Waals surface area (Å²) in [6.45, 7) is 10.1. The number of aliphatic hydroxyl groups excluding tert-OH is 1. The molecule has 1 N–H and O–H groups in total. The van der Waals surface area contributed by atoms with Crippen molar-refractivity contribution >= 4 is 0 Å². The molecule has 21 heavy (non-hydrogen) atoms. The highest BCUT2D eigenvalue weighted by atomic mass is 16.3. The Morgan fingerprint density at radius 3 is 2.52 bits per heavy atom. The summed E-state index contributed by atoms with van der Waals surface area (Å²) < 4.78 is 0. The average molecular weight is 290 g/mol. The Balaban J connectivity index is 1.96. The molecule has 0 aromatic rings. The fourth-order valence-electron chi connectivity index (χ4n) is 6.06. The summed E-state index contributed by atoms with van der Waals surface area (Å²) in [7, 11) is 0. The molecule has 1 saturated carbocycles. The summed E-state index contributed by atoms with van der Waals surface area (Å²) in [4.78, 5) is 0. The Bertz CT molecular complexity index is 451. The number of fused-ring (bicyclic) bond motifs is 2. The van der Waals surface area contributed by atoms with Crippen LogP contribution in [-0.4, -0.2) is 11.7 Å². The summed E-state index contributed by atoms with van der Waals surface area (Å²) in [5, 5.41) is 10.0. The summed E-state index contributed by atoms with van der Waals surface area (Å²) in [6, 6.07) is 0. The van der Waals surface area contributed by atoms with Gasteiger partial charge in [0, 0.05) is 6.61 Å². The molecule has 4 unspecified atom stereocenters. The van der Waals surface area contributed by atoms with Crippen molar-refractivity contribution in [3.8, 4) is 0 Å². The minimum atomic E-state index is 0.164. The molecule has 0 spiro atoms. The third kappa shape index (κ3) is 2.31. The van der Waals surface area contributed by atoms with E-state index in [0.29, 0.717) is 23.4 Å². The molecule has 4 atom stereocenters. The molecule has 3 rings (SSSR count). The predicted molar refractivity (Wildman–Crippen MR) is 89.1 cm³/mol. The lowest BCUT2D eigenvalue weighted by Gasteiger charge is -2.57. The Labute approximate surface area is 131 Å². The van der Waals surface area contributed by atoms with E-state index in [4.69, 9.17) is 0 Å². The van der Waals surface area contributed by atoms with Gasteiger partial charge in [0.25, 0.3) is 0 Å². The van der Waals surface area contributed by atoms with Crippen LogP contribution in [0.25, 0.3) is 0 Å². The third-order valence-electron chi connectivity index (χ3n) is 7.74. The molecule has 0 aromatic heterocycles. The summed E-state index contributed by atoms with van der Waals surface area (Å²) in [5.41, 5.74) is 4.74. The van der Waals surface area contributed by atoms with Crippen LogP contribution in [0.3, 0.4) is 0 Å². The van der Waals surface area contributed by atoms with E-state index in [1.165, 1.54) is 57.8 Å². The highest BCUT2D eigenvalue weighted by Gasteiger charge is 2.53. The molecule has 1 nitrogen and oxygen atoms in total. The molecule has 0 bridgehead atoms. The van der Waals surface area contributed by atoms with E-state index in [1.807, 2.05) is 11.1 Å². The van der Waals surface area contributed by atoms with Gasteiger partial charge in [-0.15, -0.1) is 0 Å². The molecule has 1 fully saturated rings.